The van der Waals surface area contributed by atoms with Crippen molar-refractivity contribution in [3.8, 4) is 0 Å². The Kier molecular flexibility index (Phi) is 7.15. The van der Waals surface area contributed by atoms with Gasteiger partial charge in [0.05, 0.1) is 11.6 Å². The highest BCUT2D eigenvalue weighted by Gasteiger charge is 2.21. The van der Waals surface area contributed by atoms with Crippen molar-refractivity contribution >= 4 is 17.7 Å². The SMILES string of the molecule is CC(=O)[C@H](Cc1ccccc1)NC(=O)COC(=O)c1cc(C)n(C(C)C)c1C. The quantitative estimate of drug-likeness (QED) is 0.709. The van der Waals surface area contributed by atoms with Gasteiger partial charge in [-0.1, -0.05) is 30.3 Å². The lowest BCUT2D eigenvalue weighted by molar-refractivity contribution is -0.128. The van der Waals surface area contributed by atoms with Gasteiger partial charge in [0.25, 0.3) is 5.91 Å². The number of carbonyl (C=O) groups excluding carboxylic acids is 3. The van der Waals surface area contributed by atoms with E-state index in [1.807, 2.05) is 62.6 Å². The maximum absolute atomic E-state index is 12.4. The average molecular weight is 384 g/mol. The number of ether oxygens (including phenoxy) is 1. The van der Waals surface area contributed by atoms with Gasteiger partial charge in [-0.2, -0.15) is 0 Å². The first-order valence-corrected chi connectivity index (χ1v) is 9.40. The molecule has 6 heteroatoms. The predicted octanol–water partition coefficient (Wildman–Crippen LogP) is 3.16. The molecule has 0 unspecified atom stereocenters. The van der Waals surface area contributed by atoms with Crippen LogP contribution in [0, 0.1) is 13.8 Å². The summed E-state index contributed by atoms with van der Waals surface area (Å²) >= 11 is 0. The van der Waals surface area contributed by atoms with Gasteiger partial charge in [-0.3, -0.25) is 9.59 Å². The molecule has 0 spiro atoms. The molecular formula is C22H28N2O4. The summed E-state index contributed by atoms with van der Waals surface area (Å²) in [5, 5.41) is 2.65. The topological polar surface area (TPSA) is 77.4 Å². The van der Waals surface area contributed by atoms with E-state index in [4.69, 9.17) is 4.74 Å². The summed E-state index contributed by atoms with van der Waals surface area (Å²) < 4.78 is 7.22. The van der Waals surface area contributed by atoms with E-state index in [1.165, 1.54) is 6.92 Å². The molecule has 1 N–H and O–H groups in total. The lowest BCUT2D eigenvalue weighted by atomic mass is 10.0. The number of hydrogen-bond acceptors (Lipinski definition) is 4. The second-order valence-electron chi connectivity index (χ2n) is 7.25. The number of rotatable bonds is 8. The van der Waals surface area contributed by atoms with Crippen molar-refractivity contribution in [2.75, 3.05) is 6.61 Å². The molecule has 2 rings (SSSR count). The summed E-state index contributed by atoms with van der Waals surface area (Å²) in [5.74, 6) is -1.19. The number of ketones is 1. The van der Waals surface area contributed by atoms with Crippen molar-refractivity contribution in [1.82, 2.24) is 9.88 Å². The summed E-state index contributed by atoms with van der Waals surface area (Å²) in [7, 11) is 0. The first kappa shape index (κ1) is 21.4. The molecule has 1 heterocycles. The van der Waals surface area contributed by atoms with Gasteiger partial charge in [0.2, 0.25) is 0 Å². The van der Waals surface area contributed by atoms with Crippen LogP contribution in [0.3, 0.4) is 0 Å². The lowest BCUT2D eigenvalue weighted by Crippen LogP contribution is -2.43. The highest BCUT2D eigenvalue weighted by Crippen LogP contribution is 2.20. The first-order valence-electron chi connectivity index (χ1n) is 9.40. The molecule has 0 bridgehead atoms. The minimum Gasteiger partial charge on any atom is -0.452 e. The van der Waals surface area contributed by atoms with Gasteiger partial charge < -0.3 is 14.6 Å². The van der Waals surface area contributed by atoms with Gasteiger partial charge in [-0.05, 0) is 52.7 Å². The van der Waals surface area contributed by atoms with Crippen LogP contribution in [-0.4, -0.2) is 34.9 Å². The summed E-state index contributed by atoms with van der Waals surface area (Å²) in [4.78, 5) is 36.5. The molecule has 0 saturated carbocycles. The fraction of sp³-hybridized carbons (Fsp3) is 0.409. The van der Waals surface area contributed by atoms with E-state index < -0.39 is 24.5 Å². The van der Waals surface area contributed by atoms with E-state index in [2.05, 4.69) is 5.32 Å². The molecular weight excluding hydrogens is 356 g/mol. The van der Waals surface area contributed by atoms with Gasteiger partial charge in [-0.25, -0.2) is 4.79 Å². The van der Waals surface area contributed by atoms with E-state index in [0.717, 1.165) is 17.0 Å². The smallest absolute Gasteiger partial charge is 0.340 e. The van der Waals surface area contributed by atoms with E-state index in [1.54, 1.807) is 6.07 Å². The van der Waals surface area contributed by atoms with Crippen molar-refractivity contribution in [1.29, 1.82) is 0 Å². The Hall–Kier alpha value is -2.89. The number of nitrogens with zero attached hydrogens (tertiary/aromatic N) is 1. The van der Waals surface area contributed by atoms with E-state index in [-0.39, 0.29) is 11.8 Å². The number of hydrogen-bond donors (Lipinski definition) is 1. The molecule has 1 aromatic heterocycles. The van der Waals surface area contributed by atoms with Gasteiger partial charge in [0, 0.05) is 17.4 Å². The molecule has 0 fully saturated rings. The van der Waals surface area contributed by atoms with Crippen molar-refractivity contribution < 1.29 is 19.1 Å². The fourth-order valence-corrected chi connectivity index (χ4v) is 3.37. The molecule has 6 nitrogen and oxygen atoms in total. The third kappa shape index (κ3) is 5.31. The Labute approximate surface area is 165 Å². The minimum absolute atomic E-state index is 0.149. The van der Waals surface area contributed by atoms with Crippen molar-refractivity contribution in [2.45, 2.75) is 53.1 Å². The monoisotopic (exact) mass is 384 g/mol. The van der Waals surface area contributed by atoms with Crippen LogP contribution < -0.4 is 5.32 Å². The van der Waals surface area contributed by atoms with Gasteiger partial charge >= 0.3 is 5.97 Å². The molecule has 150 valence electrons. The highest BCUT2D eigenvalue weighted by atomic mass is 16.5. The zero-order chi connectivity index (χ0) is 20.8. The van der Waals surface area contributed by atoms with Crippen LogP contribution in [0.4, 0.5) is 0 Å². The minimum atomic E-state index is -0.653. The molecule has 1 aromatic carbocycles. The summed E-state index contributed by atoms with van der Waals surface area (Å²) in [6.45, 7) is 8.87. The zero-order valence-electron chi connectivity index (χ0n) is 17.1. The Bertz CT molecular complexity index is 853. The second-order valence-corrected chi connectivity index (χ2v) is 7.25. The first-order chi connectivity index (χ1) is 13.2. The number of nitrogens with one attached hydrogen (secondary N) is 1. The molecule has 1 amide bonds. The van der Waals surface area contributed by atoms with Gasteiger partial charge in [-0.15, -0.1) is 0 Å². The van der Waals surface area contributed by atoms with E-state index in [0.29, 0.717) is 12.0 Å². The highest BCUT2D eigenvalue weighted by molar-refractivity contribution is 5.93. The molecule has 0 aliphatic heterocycles. The molecule has 0 aliphatic rings. The standard InChI is InChI=1S/C22H28N2O4/c1-14(2)24-15(3)11-19(16(24)4)22(27)28-13-21(26)23-20(17(5)25)12-18-9-7-6-8-10-18/h6-11,14,20H,12-13H2,1-5H3,(H,23,26)/t20-/m0/s1. The van der Waals surface area contributed by atoms with Crippen LogP contribution in [0.15, 0.2) is 36.4 Å². The number of aromatic nitrogens is 1. The van der Waals surface area contributed by atoms with Crippen LogP contribution in [-0.2, 0) is 20.7 Å². The Morgan fingerprint density at radius 2 is 1.75 bits per heavy atom. The maximum atomic E-state index is 12.4. The predicted molar refractivity (Wildman–Crippen MR) is 107 cm³/mol. The van der Waals surface area contributed by atoms with Crippen LogP contribution in [0.2, 0.25) is 0 Å². The zero-order valence-corrected chi connectivity index (χ0v) is 17.1. The Morgan fingerprint density at radius 3 is 2.29 bits per heavy atom. The molecule has 0 aliphatic carbocycles. The molecule has 0 radical (unpaired) electrons. The van der Waals surface area contributed by atoms with Crippen LogP contribution >= 0.6 is 0 Å². The summed E-state index contributed by atoms with van der Waals surface area (Å²) in [6, 6.07) is 10.8. The number of aryl methyl sites for hydroxylation is 1. The molecule has 1 atom stereocenters. The molecule has 0 saturated heterocycles. The summed E-state index contributed by atoms with van der Waals surface area (Å²) in [5.41, 5.74) is 3.17. The maximum Gasteiger partial charge on any atom is 0.340 e. The number of amides is 1. The Balaban J connectivity index is 1.96. The van der Waals surface area contributed by atoms with Crippen LogP contribution in [0.5, 0.6) is 0 Å². The number of carbonyl (C=O) groups is 3. The van der Waals surface area contributed by atoms with Crippen molar-refractivity contribution in [3.63, 3.8) is 0 Å². The average Bonchev–Trinajstić information content (AvgIpc) is 2.94. The number of esters is 1. The fourth-order valence-electron chi connectivity index (χ4n) is 3.37. The van der Waals surface area contributed by atoms with Gasteiger partial charge in [0.1, 0.15) is 0 Å². The van der Waals surface area contributed by atoms with Crippen LogP contribution in [0.25, 0.3) is 0 Å². The largest absolute Gasteiger partial charge is 0.452 e. The van der Waals surface area contributed by atoms with Gasteiger partial charge in [0.15, 0.2) is 12.4 Å². The molecule has 2 aromatic rings. The Morgan fingerprint density at radius 1 is 1.11 bits per heavy atom. The lowest BCUT2D eigenvalue weighted by Gasteiger charge is -2.16. The number of Topliss-reactive ketones (excluding diaryl/α,β-unsaturated/α-hetero) is 1. The summed E-state index contributed by atoms with van der Waals surface area (Å²) in [6.07, 6.45) is 0.394. The third-order valence-corrected chi connectivity index (χ3v) is 4.66. The third-order valence-electron chi connectivity index (χ3n) is 4.66. The second kappa shape index (κ2) is 9.35. The number of benzene rings is 1. The van der Waals surface area contributed by atoms with Crippen molar-refractivity contribution in [2.24, 2.45) is 0 Å². The van der Waals surface area contributed by atoms with E-state index in [9.17, 15) is 14.4 Å². The normalized spacial score (nSPS) is 11.9. The molecule has 28 heavy (non-hydrogen) atoms. The van der Waals surface area contributed by atoms with Crippen molar-refractivity contribution in [3.05, 3.63) is 58.9 Å². The van der Waals surface area contributed by atoms with E-state index >= 15 is 0 Å². The van der Waals surface area contributed by atoms with Crippen LogP contribution in [0.1, 0.15) is 54.1 Å².